The molecule has 0 aromatic heterocycles. The molecule has 1 rings (SSSR count). The van der Waals surface area contributed by atoms with Crippen LogP contribution in [0.4, 0.5) is 0 Å². The van der Waals surface area contributed by atoms with Crippen molar-refractivity contribution in [3.8, 4) is 0 Å². The Morgan fingerprint density at radius 1 is 1.33 bits per heavy atom. The molecule has 62 valence electrons. The van der Waals surface area contributed by atoms with E-state index in [1.54, 1.807) is 0 Å². The second-order valence-electron chi connectivity index (χ2n) is 2.64. The van der Waals surface area contributed by atoms with Crippen LogP contribution < -0.4 is 0 Å². The first-order valence-electron chi connectivity index (χ1n) is 4.26. The van der Waals surface area contributed by atoms with Crippen molar-refractivity contribution in [3.63, 3.8) is 0 Å². The summed E-state index contributed by atoms with van der Waals surface area (Å²) < 4.78 is 0. The molecule has 0 fully saturated rings. The molecule has 0 N–H and O–H groups in total. The molecule has 0 nitrogen and oxygen atoms in total. The van der Waals surface area contributed by atoms with Crippen LogP contribution >= 0.6 is 0 Å². The summed E-state index contributed by atoms with van der Waals surface area (Å²) in [5.41, 5.74) is 2.47. The molecular formula is C12H14. The summed E-state index contributed by atoms with van der Waals surface area (Å²) in [7, 11) is 0. The number of benzene rings is 1. The van der Waals surface area contributed by atoms with Crippen LogP contribution in [0.15, 0.2) is 49.1 Å². The van der Waals surface area contributed by atoms with Crippen LogP contribution in [-0.2, 0) is 0 Å². The molecule has 1 aromatic carbocycles. The highest BCUT2D eigenvalue weighted by atomic mass is 14.0. The third-order valence-electron chi connectivity index (χ3n) is 1.75. The Morgan fingerprint density at radius 2 is 2.00 bits per heavy atom. The van der Waals surface area contributed by atoms with E-state index in [-0.39, 0.29) is 0 Å². The predicted molar refractivity (Wildman–Crippen MR) is 54.9 cm³/mol. The monoisotopic (exact) mass is 158 g/mol. The van der Waals surface area contributed by atoms with Gasteiger partial charge in [-0.1, -0.05) is 56.0 Å². The number of hydrogen-bond acceptors (Lipinski definition) is 0. The molecule has 0 unspecified atom stereocenters. The highest BCUT2D eigenvalue weighted by Crippen LogP contribution is 2.14. The summed E-state index contributed by atoms with van der Waals surface area (Å²) in [6.45, 7) is 5.92. The van der Waals surface area contributed by atoms with E-state index in [4.69, 9.17) is 0 Å². The first-order valence-corrected chi connectivity index (χ1v) is 4.26. The SMILES string of the molecule is C=C/C(=C/CC)c1ccccc1. The first kappa shape index (κ1) is 8.79. The summed E-state index contributed by atoms with van der Waals surface area (Å²) >= 11 is 0. The van der Waals surface area contributed by atoms with Crippen molar-refractivity contribution >= 4 is 5.57 Å². The molecule has 0 amide bonds. The second-order valence-corrected chi connectivity index (χ2v) is 2.64. The zero-order valence-corrected chi connectivity index (χ0v) is 7.46. The molecule has 0 radical (unpaired) electrons. The molecule has 0 atom stereocenters. The van der Waals surface area contributed by atoms with Gasteiger partial charge < -0.3 is 0 Å². The summed E-state index contributed by atoms with van der Waals surface area (Å²) in [5, 5.41) is 0. The Morgan fingerprint density at radius 3 is 2.50 bits per heavy atom. The van der Waals surface area contributed by atoms with Crippen LogP contribution in [0.5, 0.6) is 0 Å². The van der Waals surface area contributed by atoms with Gasteiger partial charge in [-0.25, -0.2) is 0 Å². The second kappa shape index (κ2) is 4.55. The summed E-state index contributed by atoms with van der Waals surface area (Å²) in [6.07, 6.45) is 5.14. The number of hydrogen-bond donors (Lipinski definition) is 0. The maximum Gasteiger partial charge on any atom is -0.0187 e. The van der Waals surface area contributed by atoms with E-state index in [0.717, 1.165) is 6.42 Å². The van der Waals surface area contributed by atoms with Crippen LogP contribution in [0.3, 0.4) is 0 Å². The molecule has 0 aliphatic heterocycles. The Hall–Kier alpha value is -1.30. The van der Waals surface area contributed by atoms with Crippen LogP contribution in [0.25, 0.3) is 5.57 Å². The van der Waals surface area contributed by atoms with Gasteiger partial charge in [0.05, 0.1) is 0 Å². The smallest absolute Gasteiger partial charge is 0.0187 e. The molecule has 0 spiro atoms. The third-order valence-corrected chi connectivity index (χ3v) is 1.75. The van der Waals surface area contributed by atoms with E-state index < -0.39 is 0 Å². The Labute approximate surface area is 74.2 Å². The highest BCUT2D eigenvalue weighted by Gasteiger charge is 1.92. The fourth-order valence-corrected chi connectivity index (χ4v) is 1.17. The topological polar surface area (TPSA) is 0 Å². The lowest BCUT2D eigenvalue weighted by Gasteiger charge is -2.00. The average Bonchev–Trinajstić information content (AvgIpc) is 2.15. The minimum Gasteiger partial charge on any atom is -0.0985 e. The van der Waals surface area contributed by atoms with Gasteiger partial charge in [-0.3, -0.25) is 0 Å². The van der Waals surface area contributed by atoms with Gasteiger partial charge in [0, 0.05) is 0 Å². The minimum absolute atomic E-state index is 1.05. The Bertz CT molecular complexity index is 267. The molecule has 0 aliphatic rings. The fraction of sp³-hybridized carbons (Fsp3) is 0.167. The normalized spacial score (nSPS) is 11.2. The zero-order valence-electron chi connectivity index (χ0n) is 7.46. The molecule has 12 heavy (non-hydrogen) atoms. The van der Waals surface area contributed by atoms with Crippen molar-refractivity contribution in [1.29, 1.82) is 0 Å². The predicted octanol–water partition coefficient (Wildman–Crippen LogP) is 3.67. The van der Waals surface area contributed by atoms with Crippen molar-refractivity contribution in [1.82, 2.24) is 0 Å². The van der Waals surface area contributed by atoms with E-state index >= 15 is 0 Å². The van der Waals surface area contributed by atoms with Gasteiger partial charge in [-0.05, 0) is 17.6 Å². The summed E-state index contributed by atoms with van der Waals surface area (Å²) in [4.78, 5) is 0. The number of allylic oxidation sites excluding steroid dienone is 3. The van der Waals surface area contributed by atoms with Crippen molar-refractivity contribution in [3.05, 3.63) is 54.6 Å². The van der Waals surface area contributed by atoms with Gasteiger partial charge >= 0.3 is 0 Å². The molecule has 0 saturated carbocycles. The van der Waals surface area contributed by atoms with Crippen molar-refractivity contribution in [2.24, 2.45) is 0 Å². The first-order chi connectivity index (χ1) is 5.88. The van der Waals surface area contributed by atoms with Gasteiger partial charge in [0.2, 0.25) is 0 Å². The quantitative estimate of drug-likeness (QED) is 0.589. The van der Waals surface area contributed by atoms with E-state index in [0.29, 0.717) is 0 Å². The van der Waals surface area contributed by atoms with Crippen molar-refractivity contribution < 1.29 is 0 Å². The van der Waals surface area contributed by atoms with Gasteiger partial charge in [0.1, 0.15) is 0 Å². The van der Waals surface area contributed by atoms with Gasteiger partial charge in [-0.15, -0.1) is 0 Å². The molecule has 0 aliphatic carbocycles. The third kappa shape index (κ3) is 2.09. The lowest BCUT2D eigenvalue weighted by Crippen LogP contribution is -1.78. The number of rotatable bonds is 3. The molecule has 0 heterocycles. The maximum atomic E-state index is 3.79. The summed E-state index contributed by atoms with van der Waals surface area (Å²) in [6, 6.07) is 10.3. The summed E-state index contributed by atoms with van der Waals surface area (Å²) in [5.74, 6) is 0. The molecular weight excluding hydrogens is 144 g/mol. The lowest BCUT2D eigenvalue weighted by molar-refractivity contribution is 1.23. The largest absolute Gasteiger partial charge is 0.0985 e. The molecule has 1 aromatic rings. The standard InChI is InChI=1S/C12H14/c1-3-8-11(4-2)12-9-6-5-7-10-12/h4-10H,2-3H2,1H3/b11-8-. The molecule has 0 heteroatoms. The molecule has 0 saturated heterocycles. The molecule has 0 bridgehead atoms. The van der Waals surface area contributed by atoms with Gasteiger partial charge in [0.15, 0.2) is 0 Å². The minimum atomic E-state index is 1.05. The zero-order chi connectivity index (χ0) is 8.81. The Kier molecular flexibility index (Phi) is 3.34. The Balaban J connectivity index is 2.96. The fourth-order valence-electron chi connectivity index (χ4n) is 1.17. The van der Waals surface area contributed by atoms with Gasteiger partial charge in [0.25, 0.3) is 0 Å². The maximum absolute atomic E-state index is 3.79. The van der Waals surface area contributed by atoms with E-state index in [9.17, 15) is 0 Å². The van der Waals surface area contributed by atoms with Crippen LogP contribution in [0.2, 0.25) is 0 Å². The van der Waals surface area contributed by atoms with Gasteiger partial charge in [-0.2, -0.15) is 0 Å². The van der Waals surface area contributed by atoms with Crippen LogP contribution in [0, 0.1) is 0 Å². The average molecular weight is 158 g/mol. The van der Waals surface area contributed by atoms with E-state index in [2.05, 4.69) is 31.7 Å². The lowest BCUT2D eigenvalue weighted by atomic mass is 10.1. The van der Waals surface area contributed by atoms with Crippen molar-refractivity contribution in [2.75, 3.05) is 0 Å². The van der Waals surface area contributed by atoms with E-state index in [1.165, 1.54) is 11.1 Å². The van der Waals surface area contributed by atoms with Crippen molar-refractivity contribution in [2.45, 2.75) is 13.3 Å². The van der Waals surface area contributed by atoms with Crippen LogP contribution in [-0.4, -0.2) is 0 Å². The van der Waals surface area contributed by atoms with Crippen LogP contribution in [0.1, 0.15) is 18.9 Å². The highest BCUT2D eigenvalue weighted by molar-refractivity contribution is 5.73. The van der Waals surface area contributed by atoms with E-state index in [1.807, 2.05) is 24.3 Å².